The van der Waals surface area contributed by atoms with Crippen LogP contribution in [0.5, 0.6) is 0 Å². The van der Waals surface area contributed by atoms with Gasteiger partial charge in [-0.1, -0.05) is 0 Å². The first-order chi connectivity index (χ1) is 8.36. The predicted molar refractivity (Wildman–Crippen MR) is 84.0 cm³/mol. The van der Waals surface area contributed by atoms with E-state index in [4.69, 9.17) is 0 Å². The second-order valence-electron chi connectivity index (χ2n) is 4.51. The molecule has 0 spiro atoms. The third-order valence-corrected chi connectivity index (χ3v) is 19.3. The molecule has 0 saturated carbocycles. The van der Waals surface area contributed by atoms with E-state index >= 15 is 0 Å². The van der Waals surface area contributed by atoms with Crippen LogP contribution in [0.1, 0.15) is 33.1 Å². The van der Waals surface area contributed by atoms with Gasteiger partial charge in [0.1, 0.15) is 0 Å². The fourth-order valence-corrected chi connectivity index (χ4v) is 18.3. The number of carbonyl (C=O) groups excluding carboxylic acids is 2. The van der Waals surface area contributed by atoms with Crippen LogP contribution in [0.4, 0.5) is 0 Å². The van der Waals surface area contributed by atoms with Gasteiger partial charge in [0.15, 0.2) is 0 Å². The Balaban J connectivity index is 2.81. The van der Waals surface area contributed by atoms with Crippen LogP contribution in [-0.4, -0.2) is 20.8 Å². The Morgan fingerprint density at radius 2 is 1.28 bits per heavy atom. The Bertz CT molecular complexity index is 354. The second kappa shape index (κ2) is 6.99. The average molecular weight is 351 g/mol. The molecule has 1 saturated heterocycles. The summed E-state index contributed by atoms with van der Waals surface area (Å²) in [7, 11) is 0.757. The van der Waals surface area contributed by atoms with Crippen LogP contribution in [0.2, 0.25) is 10.6 Å². The molecule has 0 atom stereocenters. The topological polar surface area (TPSA) is 34.1 Å². The molecule has 0 amide bonds. The zero-order chi connectivity index (χ0) is 13.8. The van der Waals surface area contributed by atoms with E-state index in [1.165, 1.54) is 26.8 Å². The second-order valence-corrected chi connectivity index (χ2v) is 20.2. The van der Waals surface area contributed by atoms with Gasteiger partial charge in [0.25, 0.3) is 0 Å². The fraction of sp³-hybridized carbons (Fsp3) is 0.538. The van der Waals surface area contributed by atoms with Crippen LogP contribution >= 0.6 is 20.4 Å². The fourth-order valence-electron chi connectivity index (χ4n) is 1.52. The SMILES string of the molecule is C=C(C)C(=O)S[Se]1(SC(=O)C(=C)C)CCCCC1. The van der Waals surface area contributed by atoms with E-state index in [-0.39, 0.29) is 10.2 Å². The number of hydrogen-bond donors (Lipinski definition) is 0. The van der Waals surface area contributed by atoms with Gasteiger partial charge in [-0.3, -0.25) is 0 Å². The summed E-state index contributed by atoms with van der Waals surface area (Å²) < 4.78 is 0. The summed E-state index contributed by atoms with van der Waals surface area (Å²) in [6.45, 7) is 10.9. The Labute approximate surface area is 118 Å². The average Bonchev–Trinajstić information content (AvgIpc) is 2.29. The molecule has 1 aliphatic rings. The van der Waals surface area contributed by atoms with Crippen molar-refractivity contribution >= 4 is 41.2 Å². The van der Waals surface area contributed by atoms with Crippen molar-refractivity contribution in [1.29, 1.82) is 0 Å². The van der Waals surface area contributed by atoms with E-state index in [9.17, 15) is 9.59 Å². The predicted octanol–water partition coefficient (Wildman–Crippen LogP) is 4.28. The third-order valence-electron chi connectivity index (χ3n) is 2.56. The Kier molecular flexibility index (Phi) is 6.25. The molecule has 0 aromatic heterocycles. The van der Waals surface area contributed by atoms with Gasteiger partial charge in [0.05, 0.1) is 0 Å². The van der Waals surface area contributed by atoms with E-state index in [0.717, 1.165) is 23.5 Å². The summed E-state index contributed by atoms with van der Waals surface area (Å²) in [6.07, 6.45) is 3.52. The van der Waals surface area contributed by atoms with Crippen molar-refractivity contribution in [3.63, 3.8) is 0 Å². The Morgan fingerprint density at radius 1 is 0.889 bits per heavy atom. The van der Waals surface area contributed by atoms with Gasteiger partial charge in [0, 0.05) is 0 Å². The zero-order valence-electron chi connectivity index (χ0n) is 11.0. The van der Waals surface area contributed by atoms with Crippen molar-refractivity contribution in [3.8, 4) is 0 Å². The van der Waals surface area contributed by atoms with E-state index in [1.807, 2.05) is 0 Å². The van der Waals surface area contributed by atoms with Crippen LogP contribution in [-0.2, 0) is 9.59 Å². The van der Waals surface area contributed by atoms with Crippen LogP contribution in [0.3, 0.4) is 0 Å². The molecule has 18 heavy (non-hydrogen) atoms. The summed E-state index contributed by atoms with van der Waals surface area (Å²) in [5, 5.41) is 2.26. The monoisotopic (exact) mass is 352 g/mol. The van der Waals surface area contributed by atoms with E-state index in [2.05, 4.69) is 13.2 Å². The van der Waals surface area contributed by atoms with Crippen molar-refractivity contribution in [2.24, 2.45) is 0 Å². The van der Waals surface area contributed by atoms with Crippen LogP contribution < -0.4 is 0 Å². The molecule has 5 heteroatoms. The summed E-state index contributed by atoms with van der Waals surface area (Å²) in [5.41, 5.74) is 1.18. The maximum atomic E-state index is 11.9. The summed E-state index contributed by atoms with van der Waals surface area (Å²) >= 11 is 0. The number of rotatable bonds is 4. The minimum atomic E-state index is -2.12. The Morgan fingerprint density at radius 3 is 1.61 bits per heavy atom. The molecule has 1 fully saturated rings. The van der Waals surface area contributed by atoms with Gasteiger partial charge in [-0.25, -0.2) is 0 Å². The molecule has 0 N–H and O–H groups in total. The summed E-state index contributed by atoms with van der Waals surface area (Å²) in [5.74, 6) is 0. The molecular weight excluding hydrogens is 331 g/mol. The molecule has 0 unspecified atom stereocenters. The first kappa shape index (κ1) is 16.1. The number of hydrogen-bond acceptors (Lipinski definition) is 4. The quantitative estimate of drug-likeness (QED) is 0.559. The zero-order valence-corrected chi connectivity index (χ0v) is 14.3. The van der Waals surface area contributed by atoms with Gasteiger partial charge < -0.3 is 0 Å². The van der Waals surface area contributed by atoms with E-state index < -0.39 is 10.6 Å². The molecule has 0 aliphatic carbocycles. The third kappa shape index (κ3) is 4.61. The molecule has 0 aromatic carbocycles. The molecule has 1 rings (SSSR count). The van der Waals surface area contributed by atoms with Crippen molar-refractivity contribution in [2.75, 3.05) is 0 Å². The van der Waals surface area contributed by atoms with Crippen LogP contribution in [0, 0.1) is 0 Å². The van der Waals surface area contributed by atoms with Crippen molar-refractivity contribution in [2.45, 2.75) is 43.7 Å². The van der Waals surface area contributed by atoms with Gasteiger partial charge in [0.2, 0.25) is 0 Å². The van der Waals surface area contributed by atoms with Gasteiger partial charge in [-0.05, 0) is 0 Å². The molecule has 0 radical (unpaired) electrons. The molecule has 1 heterocycles. The summed E-state index contributed by atoms with van der Waals surface area (Å²) in [6, 6.07) is 0. The first-order valence-electron chi connectivity index (χ1n) is 5.93. The maximum absolute atomic E-state index is 11.9. The van der Waals surface area contributed by atoms with Crippen molar-refractivity contribution in [3.05, 3.63) is 24.3 Å². The molecule has 2 nitrogen and oxygen atoms in total. The van der Waals surface area contributed by atoms with Crippen molar-refractivity contribution < 1.29 is 9.59 Å². The minimum absolute atomic E-state index is 0.0684. The molecule has 102 valence electrons. The standard InChI is InChI=1S/C13H20O2S2Se/c1-10(2)12(14)16-18(8-6-5-7-9-18)17-13(15)11(3)4/h1,3,5-9H2,2,4H3. The van der Waals surface area contributed by atoms with Crippen molar-refractivity contribution in [1.82, 2.24) is 0 Å². The van der Waals surface area contributed by atoms with Crippen LogP contribution in [0.15, 0.2) is 24.3 Å². The molecular formula is C13H20O2S2Se. The molecule has 0 bridgehead atoms. The van der Waals surface area contributed by atoms with E-state index in [1.54, 1.807) is 13.8 Å². The molecule has 0 aromatic rings. The summed E-state index contributed by atoms with van der Waals surface area (Å²) in [4.78, 5) is 23.8. The van der Waals surface area contributed by atoms with Gasteiger partial charge >= 0.3 is 119 Å². The number of carbonyl (C=O) groups is 2. The first-order valence-corrected chi connectivity index (χ1v) is 14.0. The van der Waals surface area contributed by atoms with E-state index in [0.29, 0.717) is 11.1 Å². The van der Waals surface area contributed by atoms with Gasteiger partial charge in [-0.15, -0.1) is 0 Å². The van der Waals surface area contributed by atoms with Crippen LogP contribution in [0.25, 0.3) is 0 Å². The molecule has 1 aliphatic heterocycles. The van der Waals surface area contributed by atoms with Gasteiger partial charge in [-0.2, -0.15) is 0 Å². The normalized spacial score (nSPS) is 19.9. The Hall–Kier alpha value is 0.0395.